The van der Waals surface area contributed by atoms with Gasteiger partial charge in [0.15, 0.2) is 0 Å². The number of rotatable bonds is 6. The summed E-state index contributed by atoms with van der Waals surface area (Å²) >= 11 is 0. The van der Waals surface area contributed by atoms with E-state index in [0.29, 0.717) is 0 Å². The molecule has 4 nitrogen and oxygen atoms in total. The van der Waals surface area contributed by atoms with Crippen molar-refractivity contribution in [1.82, 2.24) is 4.90 Å². The highest BCUT2D eigenvalue weighted by atomic mass is 16.5. The zero-order chi connectivity index (χ0) is 16.3. The summed E-state index contributed by atoms with van der Waals surface area (Å²) in [4.78, 5) is 2.36. The Bertz CT molecular complexity index is 495. The average molecular weight is 307 g/mol. The molecule has 1 aromatic carbocycles. The minimum absolute atomic E-state index is 0.0479. The molecular weight excluding hydrogens is 278 g/mol. The molecule has 22 heavy (non-hydrogen) atoms. The number of ether oxygens (including phenoxy) is 2. The zero-order valence-electron chi connectivity index (χ0n) is 14.4. The number of methoxy groups -OCH3 is 1. The van der Waals surface area contributed by atoms with Gasteiger partial charge in [-0.15, -0.1) is 0 Å². The average Bonchev–Trinajstić information content (AvgIpc) is 2.46. The predicted octanol–water partition coefficient (Wildman–Crippen LogP) is 3.39. The predicted molar refractivity (Wildman–Crippen MR) is 88.6 cm³/mol. The Labute approximate surface area is 134 Å². The van der Waals surface area contributed by atoms with E-state index in [1.165, 1.54) is 0 Å². The molecule has 2 unspecified atom stereocenters. The first-order chi connectivity index (χ1) is 10.4. The third kappa shape index (κ3) is 3.23. The van der Waals surface area contributed by atoms with Crippen molar-refractivity contribution in [2.75, 3.05) is 20.2 Å². The fourth-order valence-electron chi connectivity index (χ4n) is 3.47. The van der Waals surface area contributed by atoms with Crippen molar-refractivity contribution in [2.45, 2.75) is 58.3 Å². The topological polar surface area (TPSA) is 41.9 Å². The van der Waals surface area contributed by atoms with Crippen LogP contribution in [0.25, 0.3) is 0 Å². The van der Waals surface area contributed by atoms with E-state index in [4.69, 9.17) is 9.47 Å². The minimum atomic E-state index is -0.553. The zero-order valence-corrected chi connectivity index (χ0v) is 14.4. The van der Waals surface area contributed by atoms with Gasteiger partial charge in [0, 0.05) is 11.6 Å². The summed E-state index contributed by atoms with van der Waals surface area (Å²) < 4.78 is 11.5. The molecule has 1 aliphatic heterocycles. The van der Waals surface area contributed by atoms with Crippen molar-refractivity contribution in [3.8, 4) is 11.5 Å². The molecule has 0 bridgehead atoms. The molecule has 0 amide bonds. The molecule has 1 N–H and O–H groups in total. The van der Waals surface area contributed by atoms with E-state index in [1.54, 1.807) is 7.11 Å². The van der Waals surface area contributed by atoms with E-state index < -0.39 is 11.7 Å². The van der Waals surface area contributed by atoms with Crippen LogP contribution in [0.5, 0.6) is 11.5 Å². The van der Waals surface area contributed by atoms with Gasteiger partial charge < -0.3 is 14.6 Å². The Hall–Kier alpha value is -1.26. The Morgan fingerprint density at radius 1 is 1.23 bits per heavy atom. The van der Waals surface area contributed by atoms with Crippen LogP contribution in [0.1, 0.15) is 52.2 Å². The van der Waals surface area contributed by atoms with Gasteiger partial charge in [-0.1, -0.05) is 13.8 Å². The van der Waals surface area contributed by atoms with Crippen LogP contribution in [0.4, 0.5) is 0 Å². The van der Waals surface area contributed by atoms with Crippen LogP contribution in [-0.2, 0) is 0 Å². The van der Waals surface area contributed by atoms with Crippen LogP contribution in [0.3, 0.4) is 0 Å². The first-order valence-electron chi connectivity index (χ1n) is 8.23. The molecule has 0 aliphatic carbocycles. The van der Waals surface area contributed by atoms with Gasteiger partial charge in [0.05, 0.1) is 13.2 Å². The fraction of sp³-hybridized carbons (Fsp3) is 0.667. The maximum Gasteiger partial charge on any atom is 0.129 e. The second kappa shape index (κ2) is 6.88. The van der Waals surface area contributed by atoms with E-state index in [-0.39, 0.29) is 6.04 Å². The van der Waals surface area contributed by atoms with Crippen LogP contribution >= 0.6 is 0 Å². The van der Waals surface area contributed by atoms with Gasteiger partial charge in [0.2, 0.25) is 0 Å². The van der Waals surface area contributed by atoms with Gasteiger partial charge in [0.1, 0.15) is 23.2 Å². The number of nitrogens with zero attached hydrogens (tertiary/aromatic N) is 1. The number of fused-ring (bicyclic) bond motifs is 1. The van der Waals surface area contributed by atoms with Crippen molar-refractivity contribution in [3.63, 3.8) is 0 Å². The minimum Gasteiger partial charge on any atom is -0.497 e. The van der Waals surface area contributed by atoms with E-state index in [1.807, 2.05) is 18.2 Å². The van der Waals surface area contributed by atoms with Crippen LogP contribution < -0.4 is 9.47 Å². The summed E-state index contributed by atoms with van der Waals surface area (Å²) in [6.45, 7) is 10.4. The van der Waals surface area contributed by atoms with Crippen molar-refractivity contribution < 1.29 is 14.6 Å². The second-order valence-corrected chi connectivity index (χ2v) is 6.53. The molecular formula is C18H29NO3. The maximum absolute atomic E-state index is 11.0. The SMILES string of the molecule is CCCN(CCC)C1C(O)c2ccc(OC)cc2OC1(C)C. The van der Waals surface area contributed by atoms with E-state index in [2.05, 4.69) is 32.6 Å². The molecule has 4 heteroatoms. The Morgan fingerprint density at radius 2 is 1.86 bits per heavy atom. The van der Waals surface area contributed by atoms with Crippen molar-refractivity contribution in [3.05, 3.63) is 23.8 Å². The third-order valence-electron chi connectivity index (χ3n) is 4.34. The van der Waals surface area contributed by atoms with E-state index in [0.717, 1.165) is 43.0 Å². The van der Waals surface area contributed by atoms with Crippen molar-refractivity contribution in [1.29, 1.82) is 0 Å². The summed E-state index contributed by atoms with van der Waals surface area (Å²) in [5.74, 6) is 1.47. The molecule has 0 saturated heterocycles. The van der Waals surface area contributed by atoms with Gasteiger partial charge in [0.25, 0.3) is 0 Å². The van der Waals surface area contributed by atoms with Gasteiger partial charge in [-0.25, -0.2) is 0 Å². The number of hydrogen-bond donors (Lipinski definition) is 1. The summed E-state index contributed by atoms with van der Waals surface area (Å²) in [5, 5.41) is 11.0. The largest absolute Gasteiger partial charge is 0.497 e. The van der Waals surface area contributed by atoms with Gasteiger partial charge in [-0.05, 0) is 51.9 Å². The number of aliphatic hydroxyl groups is 1. The Kier molecular flexibility index (Phi) is 5.35. The smallest absolute Gasteiger partial charge is 0.129 e. The highest BCUT2D eigenvalue weighted by molar-refractivity contribution is 5.45. The van der Waals surface area contributed by atoms with Crippen LogP contribution in [0.15, 0.2) is 18.2 Å². The third-order valence-corrected chi connectivity index (χ3v) is 4.34. The lowest BCUT2D eigenvalue weighted by atomic mass is 9.84. The highest BCUT2D eigenvalue weighted by Crippen LogP contribution is 2.43. The summed E-state index contributed by atoms with van der Waals surface area (Å²) in [6, 6.07) is 5.61. The number of hydrogen-bond acceptors (Lipinski definition) is 4. The Morgan fingerprint density at radius 3 is 2.41 bits per heavy atom. The molecule has 0 fully saturated rings. The standard InChI is InChI=1S/C18H29NO3/c1-6-10-19(11-7-2)17-16(20)14-9-8-13(21-5)12-15(14)22-18(17,3)4/h8-9,12,16-17,20H,6-7,10-11H2,1-5H3. The number of benzene rings is 1. The van der Waals surface area contributed by atoms with Crippen LogP contribution in [0, 0.1) is 0 Å². The maximum atomic E-state index is 11.0. The first kappa shape index (κ1) is 17.1. The second-order valence-electron chi connectivity index (χ2n) is 6.53. The molecule has 1 aliphatic rings. The normalized spacial score (nSPS) is 23.0. The molecule has 0 aromatic heterocycles. The lowest BCUT2D eigenvalue weighted by molar-refractivity contribution is -0.0828. The molecule has 1 heterocycles. The molecule has 2 rings (SSSR count). The molecule has 0 saturated carbocycles. The van der Waals surface area contributed by atoms with E-state index >= 15 is 0 Å². The molecule has 1 aromatic rings. The Balaban J connectivity index is 2.38. The molecule has 0 spiro atoms. The molecule has 124 valence electrons. The quantitative estimate of drug-likeness (QED) is 0.875. The monoisotopic (exact) mass is 307 g/mol. The van der Waals surface area contributed by atoms with Gasteiger partial charge >= 0.3 is 0 Å². The lowest BCUT2D eigenvalue weighted by Crippen LogP contribution is -2.58. The van der Waals surface area contributed by atoms with Crippen LogP contribution in [0.2, 0.25) is 0 Å². The van der Waals surface area contributed by atoms with Crippen LogP contribution in [-0.4, -0.2) is 41.8 Å². The van der Waals surface area contributed by atoms with Crippen molar-refractivity contribution >= 4 is 0 Å². The van der Waals surface area contributed by atoms with Gasteiger partial charge in [-0.3, -0.25) is 4.90 Å². The fourth-order valence-corrected chi connectivity index (χ4v) is 3.47. The summed E-state index contributed by atoms with van der Waals surface area (Å²) in [7, 11) is 1.64. The molecule has 0 radical (unpaired) electrons. The van der Waals surface area contributed by atoms with E-state index in [9.17, 15) is 5.11 Å². The first-order valence-corrected chi connectivity index (χ1v) is 8.23. The summed E-state index contributed by atoms with van der Waals surface area (Å²) in [6.07, 6.45) is 1.58. The number of aliphatic hydroxyl groups excluding tert-OH is 1. The van der Waals surface area contributed by atoms with Gasteiger partial charge in [-0.2, -0.15) is 0 Å². The molecule has 2 atom stereocenters. The summed E-state index contributed by atoms with van der Waals surface area (Å²) in [5.41, 5.74) is 0.394. The lowest BCUT2D eigenvalue weighted by Gasteiger charge is -2.48. The van der Waals surface area contributed by atoms with Crippen molar-refractivity contribution in [2.24, 2.45) is 0 Å². The highest BCUT2D eigenvalue weighted by Gasteiger charge is 2.46.